The fourth-order valence-electron chi connectivity index (χ4n) is 7.33. The van der Waals surface area contributed by atoms with Gasteiger partial charge in [-0.1, -0.05) is 0 Å². The van der Waals surface area contributed by atoms with Crippen molar-refractivity contribution in [3.8, 4) is 0 Å². The molecule has 4 rings (SSSR count). The molecule has 2 heterocycles. The first kappa shape index (κ1) is 35.7. The molecule has 2 aromatic carbocycles. The number of nitrogens with zero attached hydrogens (tertiary/aromatic N) is 3. The van der Waals surface area contributed by atoms with E-state index in [0.717, 1.165) is 60.6 Å². The Labute approximate surface area is 288 Å². The number of anilines is 2. The van der Waals surface area contributed by atoms with Crippen molar-refractivity contribution in [3.05, 3.63) is 94.4 Å². The van der Waals surface area contributed by atoms with Gasteiger partial charge in [0, 0.05) is 0 Å². The third-order valence-corrected chi connectivity index (χ3v) is 12.9. The van der Waals surface area contributed by atoms with Crippen LogP contribution in [0.1, 0.15) is 153 Å². The monoisotopic (exact) mass is 719 g/mol. The van der Waals surface area contributed by atoms with Crippen LogP contribution >= 0.6 is 11.6 Å². The summed E-state index contributed by atoms with van der Waals surface area (Å²) in [4.78, 5) is 10.1. The maximum atomic E-state index is 6.89. The Morgan fingerprint density at radius 2 is 0.933 bits per heavy atom. The summed E-state index contributed by atoms with van der Waals surface area (Å²) in [5.74, 6) is 2.05. The zero-order valence-electron chi connectivity index (χ0n) is 28.9. The molecule has 0 spiro atoms. The van der Waals surface area contributed by atoms with E-state index in [1.54, 1.807) is 0 Å². The molecule has 3 aromatic rings. The SMILES string of the molecule is CCC(CC)c1cccc(C(CC)CC)c1N1C=CN(c2c(C(CC)CC)cccc2C(CC)CC)[CH]1[Pd][c]1ncccc1Cl. The molecule has 0 saturated carbocycles. The molecule has 0 radical (unpaired) electrons. The second kappa shape index (κ2) is 17.2. The van der Waals surface area contributed by atoms with Gasteiger partial charge in [-0.15, -0.1) is 0 Å². The number of para-hydroxylation sites is 2. The number of pyridine rings is 1. The molecular formula is C40H56ClN3Pd. The molecule has 0 fully saturated rings. The Hall–Kier alpha value is -2.12. The molecule has 1 aliphatic rings. The van der Waals surface area contributed by atoms with Crippen molar-refractivity contribution in [2.45, 2.75) is 135 Å². The van der Waals surface area contributed by atoms with Crippen molar-refractivity contribution in [1.29, 1.82) is 0 Å². The first-order chi connectivity index (χ1) is 21.9. The fourth-order valence-corrected chi connectivity index (χ4v) is 9.72. The van der Waals surface area contributed by atoms with Crippen LogP contribution in [-0.4, -0.2) is 9.62 Å². The third kappa shape index (κ3) is 7.56. The quantitative estimate of drug-likeness (QED) is 0.137. The van der Waals surface area contributed by atoms with E-state index in [2.05, 4.69) is 114 Å². The van der Waals surface area contributed by atoms with Crippen LogP contribution < -0.4 is 14.0 Å². The van der Waals surface area contributed by atoms with Crippen LogP contribution in [0.25, 0.3) is 0 Å². The Bertz CT molecular complexity index is 1250. The summed E-state index contributed by atoms with van der Waals surface area (Å²) in [6.07, 6.45) is 15.7. The summed E-state index contributed by atoms with van der Waals surface area (Å²) in [6, 6.07) is 18.2. The summed E-state index contributed by atoms with van der Waals surface area (Å²) in [5.41, 5.74) is 8.76. The van der Waals surface area contributed by atoms with E-state index in [1.807, 2.05) is 18.3 Å². The number of halogens is 1. The van der Waals surface area contributed by atoms with Gasteiger partial charge in [-0.3, -0.25) is 0 Å². The Balaban J connectivity index is 2.02. The second-order valence-corrected chi connectivity index (χ2v) is 14.7. The van der Waals surface area contributed by atoms with E-state index >= 15 is 0 Å². The molecule has 248 valence electrons. The molecule has 0 unspecified atom stereocenters. The van der Waals surface area contributed by atoms with Crippen molar-refractivity contribution in [2.24, 2.45) is 0 Å². The molecule has 0 atom stereocenters. The predicted molar refractivity (Wildman–Crippen MR) is 193 cm³/mol. The molecular weight excluding hydrogens is 664 g/mol. The van der Waals surface area contributed by atoms with Gasteiger partial charge in [0.2, 0.25) is 0 Å². The number of benzene rings is 2. The predicted octanol–water partition coefficient (Wildman–Crippen LogP) is 11.8. The zero-order valence-corrected chi connectivity index (χ0v) is 31.2. The van der Waals surface area contributed by atoms with Crippen LogP contribution in [0.3, 0.4) is 0 Å². The van der Waals surface area contributed by atoms with E-state index in [9.17, 15) is 0 Å². The van der Waals surface area contributed by atoms with E-state index in [-0.39, 0.29) is 22.6 Å². The first-order valence-electron chi connectivity index (χ1n) is 17.6. The molecule has 0 amide bonds. The third-order valence-electron chi connectivity index (χ3n) is 10.1. The molecule has 3 nitrogen and oxygen atoms in total. The zero-order chi connectivity index (χ0) is 32.5. The van der Waals surface area contributed by atoms with Gasteiger partial charge in [0.15, 0.2) is 0 Å². The van der Waals surface area contributed by atoms with Crippen molar-refractivity contribution in [3.63, 3.8) is 0 Å². The first-order valence-corrected chi connectivity index (χ1v) is 19.6. The Morgan fingerprint density at radius 1 is 0.578 bits per heavy atom. The summed E-state index contributed by atoms with van der Waals surface area (Å²) >= 11 is 6.99. The molecule has 0 saturated heterocycles. The molecule has 0 aliphatic carbocycles. The molecule has 0 bridgehead atoms. The standard InChI is InChI=1S/C35H53N2.C5H3ClN.Pd/c1-9-26(10-2)30-19-17-20-31(27(11-3)12-4)34(30)36-23-24-37(25-36)35-32(28(13-5)14-6)21-18-22-33(35)29(15-7)16-8;6-5-2-1-3-7-4-5;/h17-29H,9-16H2,1-8H3;1-3H;. The Morgan fingerprint density at radius 3 is 1.24 bits per heavy atom. The average molecular weight is 721 g/mol. The van der Waals surface area contributed by atoms with E-state index in [1.165, 1.54) is 33.6 Å². The van der Waals surface area contributed by atoms with E-state index < -0.39 is 0 Å². The normalized spacial score (nSPS) is 14.0. The van der Waals surface area contributed by atoms with Crippen molar-refractivity contribution < 1.29 is 18.0 Å². The minimum atomic E-state index is 0.0682. The Kier molecular flexibility index (Phi) is 13.6. The van der Waals surface area contributed by atoms with Crippen LogP contribution in [0, 0.1) is 0 Å². The maximum absolute atomic E-state index is 6.89. The fraction of sp³-hybridized carbons (Fsp3) is 0.525. The van der Waals surface area contributed by atoms with Crippen LogP contribution in [0.15, 0.2) is 67.1 Å². The van der Waals surface area contributed by atoms with E-state index in [4.69, 9.17) is 16.6 Å². The molecule has 0 N–H and O–H groups in total. The van der Waals surface area contributed by atoms with Gasteiger partial charge in [-0.05, 0) is 0 Å². The van der Waals surface area contributed by atoms with Crippen LogP contribution in [0.5, 0.6) is 0 Å². The van der Waals surface area contributed by atoms with Gasteiger partial charge in [-0.25, -0.2) is 0 Å². The summed E-state index contributed by atoms with van der Waals surface area (Å²) in [5, 5.41) is 0.764. The van der Waals surface area contributed by atoms with Crippen molar-refractivity contribution in [2.75, 3.05) is 9.80 Å². The topological polar surface area (TPSA) is 19.4 Å². The summed E-state index contributed by atoms with van der Waals surface area (Å²) in [7, 11) is 0. The van der Waals surface area contributed by atoms with Crippen LogP contribution in [0.4, 0.5) is 11.4 Å². The second-order valence-electron chi connectivity index (χ2n) is 12.4. The van der Waals surface area contributed by atoms with Crippen LogP contribution in [-0.2, 0) is 18.0 Å². The summed E-state index contributed by atoms with van der Waals surface area (Å²) in [6.45, 7) is 18.7. The molecule has 5 heteroatoms. The van der Waals surface area contributed by atoms with Gasteiger partial charge >= 0.3 is 289 Å². The van der Waals surface area contributed by atoms with Crippen molar-refractivity contribution in [1.82, 2.24) is 4.98 Å². The van der Waals surface area contributed by atoms with Crippen LogP contribution in [0.2, 0.25) is 5.02 Å². The van der Waals surface area contributed by atoms with Gasteiger partial charge in [0.1, 0.15) is 0 Å². The number of rotatable bonds is 16. The molecule has 1 aliphatic heterocycles. The molecule has 45 heavy (non-hydrogen) atoms. The average Bonchev–Trinajstić information content (AvgIpc) is 3.47. The van der Waals surface area contributed by atoms with E-state index in [0.29, 0.717) is 23.7 Å². The molecule has 1 aromatic heterocycles. The number of hydrogen-bond donors (Lipinski definition) is 0. The van der Waals surface area contributed by atoms with Gasteiger partial charge < -0.3 is 0 Å². The van der Waals surface area contributed by atoms with Gasteiger partial charge in [0.05, 0.1) is 0 Å². The summed E-state index contributed by atoms with van der Waals surface area (Å²) < 4.78 is 1.07. The minimum absolute atomic E-state index is 0.0682. The number of aromatic nitrogens is 1. The van der Waals surface area contributed by atoms with Gasteiger partial charge in [0.25, 0.3) is 0 Å². The number of hydrogen-bond acceptors (Lipinski definition) is 3. The van der Waals surface area contributed by atoms with Crippen molar-refractivity contribution >= 4 is 27.1 Å². The van der Waals surface area contributed by atoms with Gasteiger partial charge in [-0.2, -0.15) is 0 Å².